The lowest BCUT2D eigenvalue weighted by molar-refractivity contribution is 0.306. The molecule has 0 radical (unpaired) electrons. The quantitative estimate of drug-likeness (QED) is 0.302. The van der Waals surface area contributed by atoms with Crippen molar-refractivity contribution in [3.05, 3.63) is 82.4 Å². The maximum Gasteiger partial charge on any atom is 0.120 e. The summed E-state index contributed by atoms with van der Waals surface area (Å²) >= 11 is 1.86. The van der Waals surface area contributed by atoms with E-state index in [-0.39, 0.29) is 0 Å². The van der Waals surface area contributed by atoms with Gasteiger partial charge in [0.25, 0.3) is 0 Å². The first-order valence-corrected chi connectivity index (χ1v) is 13.4. The Balaban J connectivity index is 1.46. The fraction of sp³-hybridized carbons (Fsp3) is 0.400. The van der Waals surface area contributed by atoms with Crippen LogP contribution in [0.25, 0.3) is 11.1 Å². The number of fused-ring (bicyclic) bond motifs is 1. The lowest BCUT2D eigenvalue weighted by Crippen LogP contribution is -2.01. The fourth-order valence-electron chi connectivity index (χ4n) is 4.94. The van der Waals surface area contributed by atoms with Crippen LogP contribution in [-0.2, 0) is 13.0 Å². The van der Waals surface area contributed by atoms with Crippen molar-refractivity contribution in [1.29, 1.82) is 0 Å². The van der Waals surface area contributed by atoms with Gasteiger partial charge in [-0.25, -0.2) is 0 Å². The number of hydrogen-bond acceptors (Lipinski definition) is 3. The molecule has 0 spiro atoms. The van der Waals surface area contributed by atoms with Crippen molar-refractivity contribution in [2.45, 2.75) is 53.1 Å². The van der Waals surface area contributed by atoms with Gasteiger partial charge in [0.15, 0.2) is 0 Å². The molecule has 3 aromatic rings. The van der Waals surface area contributed by atoms with Gasteiger partial charge in [-0.05, 0) is 120 Å². The van der Waals surface area contributed by atoms with Crippen molar-refractivity contribution in [2.75, 3.05) is 18.6 Å². The van der Waals surface area contributed by atoms with Crippen LogP contribution in [0.2, 0.25) is 0 Å². The summed E-state index contributed by atoms with van der Waals surface area (Å²) in [6.07, 6.45) is 4.39. The summed E-state index contributed by atoms with van der Waals surface area (Å²) in [5.74, 6) is 4.39. The summed E-state index contributed by atoms with van der Waals surface area (Å²) in [6.45, 7) is 10.4. The van der Waals surface area contributed by atoms with Gasteiger partial charge in [-0.3, -0.25) is 0 Å². The third kappa shape index (κ3) is 5.58. The maximum atomic E-state index is 6.21. The molecule has 3 aromatic carbocycles. The van der Waals surface area contributed by atoms with Crippen LogP contribution in [0.15, 0.2) is 54.6 Å². The van der Waals surface area contributed by atoms with E-state index >= 15 is 0 Å². The first-order chi connectivity index (χ1) is 16.0. The smallest absolute Gasteiger partial charge is 0.120 e. The molecule has 1 aliphatic carbocycles. The van der Waals surface area contributed by atoms with Gasteiger partial charge in [0.1, 0.15) is 18.1 Å². The normalized spacial score (nSPS) is 17.1. The molecule has 0 amide bonds. The lowest BCUT2D eigenvalue weighted by atomic mass is 9.94. The van der Waals surface area contributed by atoms with Crippen molar-refractivity contribution in [2.24, 2.45) is 5.92 Å². The molecule has 174 valence electrons. The Morgan fingerprint density at radius 1 is 0.909 bits per heavy atom. The monoisotopic (exact) mass is 460 g/mol. The molecule has 0 saturated heterocycles. The highest BCUT2D eigenvalue weighted by atomic mass is 32.2. The summed E-state index contributed by atoms with van der Waals surface area (Å²) in [6, 6.07) is 19.7. The number of ether oxygens (including phenoxy) is 2. The van der Waals surface area contributed by atoms with Crippen LogP contribution in [0.3, 0.4) is 0 Å². The highest BCUT2D eigenvalue weighted by Gasteiger charge is 2.25. The third-order valence-electron chi connectivity index (χ3n) is 6.89. The molecule has 0 saturated carbocycles. The second-order valence-corrected chi connectivity index (χ2v) is 10.4. The molecule has 2 atom stereocenters. The van der Waals surface area contributed by atoms with Crippen LogP contribution >= 0.6 is 11.8 Å². The molecule has 0 heterocycles. The summed E-state index contributed by atoms with van der Waals surface area (Å²) in [7, 11) is 0. The van der Waals surface area contributed by atoms with E-state index in [1.807, 2.05) is 11.8 Å². The van der Waals surface area contributed by atoms with Gasteiger partial charge in [0.05, 0.1) is 6.61 Å². The van der Waals surface area contributed by atoms with E-state index in [1.54, 1.807) is 0 Å². The van der Waals surface area contributed by atoms with Crippen molar-refractivity contribution >= 4 is 11.8 Å². The molecule has 33 heavy (non-hydrogen) atoms. The van der Waals surface area contributed by atoms with Gasteiger partial charge in [0, 0.05) is 0 Å². The van der Waals surface area contributed by atoms with Gasteiger partial charge in [-0.2, -0.15) is 11.8 Å². The first-order valence-electron chi connectivity index (χ1n) is 12.0. The molecule has 1 aliphatic rings. The minimum atomic E-state index is 0.575. The SMILES string of the molecule is CSCCCOc1cc(C)c(-c2cccc(COc3ccc4c(c3)C(C)[C@@H](C)C4)c2)c(C)c1. The number of rotatable bonds is 9. The zero-order valence-corrected chi connectivity index (χ0v) is 21.4. The zero-order chi connectivity index (χ0) is 23.4. The van der Waals surface area contributed by atoms with Crippen LogP contribution in [0.4, 0.5) is 0 Å². The average Bonchev–Trinajstić information content (AvgIpc) is 3.08. The topological polar surface area (TPSA) is 18.5 Å². The molecular formula is C30H36O2S. The highest BCUT2D eigenvalue weighted by Crippen LogP contribution is 2.39. The summed E-state index contributed by atoms with van der Waals surface area (Å²) in [5.41, 5.74) is 9.13. The number of hydrogen-bond donors (Lipinski definition) is 0. The van der Waals surface area contributed by atoms with E-state index in [4.69, 9.17) is 9.47 Å². The molecule has 3 heteroatoms. The Kier molecular flexibility index (Phi) is 7.70. The van der Waals surface area contributed by atoms with Gasteiger partial charge in [-0.1, -0.05) is 38.1 Å². The van der Waals surface area contributed by atoms with E-state index in [1.165, 1.54) is 45.4 Å². The molecule has 0 aliphatic heterocycles. The van der Waals surface area contributed by atoms with Crippen LogP contribution in [0.1, 0.15) is 54.0 Å². The Bertz CT molecular complexity index is 1080. The second-order valence-electron chi connectivity index (χ2n) is 9.45. The maximum absolute atomic E-state index is 6.21. The molecular weight excluding hydrogens is 424 g/mol. The molecule has 2 nitrogen and oxygen atoms in total. The molecule has 1 unspecified atom stereocenters. The van der Waals surface area contributed by atoms with Crippen molar-refractivity contribution < 1.29 is 9.47 Å². The van der Waals surface area contributed by atoms with Gasteiger partial charge < -0.3 is 9.47 Å². The highest BCUT2D eigenvalue weighted by molar-refractivity contribution is 7.98. The van der Waals surface area contributed by atoms with E-state index in [2.05, 4.69) is 88.5 Å². The van der Waals surface area contributed by atoms with E-state index < -0.39 is 0 Å². The average molecular weight is 461 g/mol. The number of aryl methyl sites for hydroxylation is 2. The van der Waals surface area contributed by atoms with Crippen molar-refractivity contribution in [3.63, 3.8) is 0 Å². The fourth-order valence-corrected chi connectivity index (χ4v) is 5.35. The molecule has 0 fully saturated rings. The van der Waals surface area contributed by atoms with E-state index in [9.17, 15) is 0 Å². The minimum Gasteiger partial charge on any atom is -0.494 e. The Morgan fingerprint density at radius 3 is 2.45 bits per heavy atom. The van der Waals surface area contributed by atoms with Crippen LogP contribution < -0.4 is 9.47 Å². The van der Waals surface area contributed by atoms with Crippen molar-refractivity contribution in [1.82, 2.24) is 0 Å². The van der Waals surface area contributed by atoms with Gasteiger partial charge in [0.2, 0.25) is 0 Å². The van der Waals surface area contributed by atoms with Gasteiger partial charge in [-0.15, -0.1) is 0 Å². The Labute approximate surface area is 203 Å². The predicted molar refractivity (Wildman–Crippen MR) is 142 cm³/mol. The molecule has 4 rings (SSSR count). The van der Waals surface area contributed by atoms with Gasteiger partial charge >= 0.3 is 0 Å². The summed E-state index contributed by atoms with van der Waals surface area (Å²) in [4.78, 5) is 0. The largest absolute Gasteiger partial charge is 0.494 e. The second kappa shape index (κ2) is 10.7. The van der Waals surface area contributed by atoms with Crippen LogP contribution in [0, 0.1) is 19.8 Å². The first kappa shape index (κ1) is 23.8. The zero-order valence-electron chi connectivity index (χ0n) is 20.6. The van der Waals surface area contributed by atoms with E-state index in [0.29, 0.717) is 18.4 Å². The van der Waals surface area contributed by atoms with Crippen LogP contribution in [0.5, 0.6) is 11.5 Å². The van der Waals surface area contributed by atoms with E-state index in [0.717, 1.165) is 30.3 Å². The number of benzene rings is 3. The summed E-state index contributed by atoms with van der Waals surface area (Å²) in [5, 5.41) is 0. The Hall–Kier alpha value is -2.39. The number of thioether (sulfide) groups is 1. The molecule has 0 bridgehead atoms. The molecule has 0 aromatic heterocycles. The Morgan fingerprint density at radius 2 is 1.70 bits per heavy atom. The lowest BCUT2D eigenvalue weighted by Gasteiger charge is -2.15. The summed E-state index contributed by atoms with van der Waals surface area (Å²) < 4.78 is 12.2. The molecule has 0 N–H and O–H groups in total. The third-order valence-corrected chi connectivity index (χ3v) is 7.59. The van der Waals surface area contributed by atoms with Crippen molar-refractivity contribution in [3.8, 4) is 22.6 Å². The van der Waals surface area contributed by atoms with Crippen LogP contribution in [-0.4, -0.2) is 18.6 Å². The standard InChI is InChI=1S/C30H36O2S/c1-20-14-25-10-11-27(18-29(25)23(20)4)32-19-24-8-6-9-26(17-24)30-21(2)15-28(16-22(30)3)31-12-7-13-33-5/h6,8-11,15-18,20,23H,7,12-14,19H2,1-5H3/t20-,23?/m0/s1. The minimum absolute atomic E-state index is 0.575. The predicted octanol–water partition coefficient (Wildman–Crippen LogP) is 7.98.